The predicted octanol–water partition coefficient (Wildman–Crippen LogP) is 9.63. The molecule has 0 radical (unpaired) electrons. The highest BCUT2D eigenvalue weighted by molar-refractivity contribution is 5.93. The fraction of sp³-hybridized carbons (Fsp3) is 0.0857. The van der Waals surface area contributed by atoms with Gasteiger partial charge in [-0.25, -0.2) is 0 Å². The van der Waals surface area contributed by atoms with Crippen LogP contribution in [0.15, 0.2) is 121 Å². The van der Waals surface area contributed by atoms with E-state index >= 15 is 0 Å². The Morgan fingerprint density at radius 2 is 0.829 bits per heavy atom. The molecule has 0 N–H and O–H groups in total. The van der Waals surface area contributed by atoms with Gasteiger partial charge in [-0.05, 0) is 90.3 Å². The van der Waals surface area contributed by atoms with Crippen LogP contribution < -0.4 is 0 Å². The van der Waals surface area contributed by atoms with Gasteiger partial charge in [-0.2, -0.15) is 0 Å². The average molecular weight is 447 g/mol. The molecule has 6 aromatic carbocycles. The molecule has 0 saturated carbocycles. The Morgan fingerprint density at radius 1 is 0.371 bits per heavy atom. The SMILES string of the molecule is CC1(C)c2ccccc2-c2ccc(-c3ccc4cc(-c5ccc6ccccc6c5)ccc4c3)cc21. The van der Waals surface area contributed by atoms with Crippen molar-refractivity contribution in [2.24, 2.45) is 0 Å². The quantitative estimate of drug-likeness (QED) is 0.248. The van der Waals surface area contributed by atoms with Crippen LogP contribution in [0.2, 0.25) is 0 Å². The first-order chi connectivity index (χ1) is 17.1. The molecule has 166 valence electrons. The van der Waals surface area contributed by atoms with E-state index in [1.54, 1.807) is 0 Å². The molecule has 7 rings (SSSR count). The van der Waals surface area contributed by atoms with Gasteiger partial charge in [-0.1, -0.05) is 111 Å². The van der Waals surface area contributed by atoms with E-state index in [4.69, 9.17) is 0 Å². The van der Waals surface area contributed by atoms with Crippen molar-refractivity contribution in [1.82, 2.24) is 0 Å². The van der Waals surface area contributed by atoms with Crippen molar-refractivity contribution in [1.29, 1.82) is 0 Å². The van der Waals surface area contributed by atoms with Crippen LogP contribution in [-0.2, 0) is 5.41 Å². The lowest BCUT2D eigenvalue weighted by Crippen LogP contribution is -2.14. The van der Waals surface area contributed by atoms with Gasteiger partial charge in [0, 0.05) is 5.41 Å². The van der Waals surface area contributed by atoms with Gasteiger partial charge < -0.3 is 0 Å². The number of rotatable bonds is 2. The Kier molecular flexibility index (Phi) is 4.29. The second-order valence-corrected chi connectivity index (χ2v) is 10.3. The zero-order valence-electron chi connectivity index (χ0n) is 20.0. The van der Waals surface area contributed by atoms with Crippen LogP contribution in [0, 0.1) is 0 Å². The molecule has 0 spiro atoms. The van der Waals surface area contributed by atoms with Crippen molar-refractivity contribution in [3.8, 4) is 33.4 Å². The lowest BCUT2D eigenvalue weighted by molar-refractivity contribution is 0.660. The first-order valence-electron chi connectivity index (χ1n) is 12.4. The fourth-order valence-corrected chi connectivity index (χ4v) is 5.86. The summed E-state index contributed by atoms with van der Waals surface area (Å²) in [7, 11) is 0. The number of hydrogen-bond donors (Lipinski definition) is 0. The number of hydrogen-bond acceptors (Lipinski definition) is 0. The molecule has 0 unspecified atom stereocenters. The van der Waals surface area contributed by atoms with Gasteiger partial charge in [-0.15, -0.1) is 0 Å². The molecular formula is C35H26. The monoisotopic (exact) mass is 446 g/mol. The molecule has 0 heterocycles. The molecule has 1 aliphatic carbocycles. The van der Waals surface area contributed by atoms with Gasteiger partial charge in [0.25, 0.3) is 0 Å². The summed E-state index contributed by atoms with van der Waals surface area (Å²) in [6.07, 6.45) is 0. The molecule has 0 aliphatic heterocycles. The van der Waals surface area contributed by atoms with Crippen LogP contribution in [0.25, 0.3) is 54.9 Å². The van der Waals surface area contributed by atoms with Crippen molar-refractivity contribution in [2.75, 3.05) is 0 Å². The molecule has 1 aliphatic rings. The Labute approximate surface area is 206 Å². The summed E-state index contributed by atoms with van der Waals surface area (Å²) in [5.74, 6) is 0. The molecule has 0 heteroatoms. The van der Waals surface area contributed by atoms with Gasteiger partial charge in [0.2, 0.25) is 0 Å². The van der Waals surface area contributed by atoms with E-state index < -0.39 is 0 Å². The highest BCUT2D eigenvalue weighted by atomic mass is 14.4. The molecule has 6 aromatic rings. The Balaban J connectivity index is 1.28. The standard InChI is InChI=1S/C35H26/c1-35(2)33-10-6-5-9-31(33)32-18-17-30(22-34(32)35)29-16-15-27-20-26(13-14-28(27)21-29)25-12-11-23-7-3-4-8-24(23)19-25/h3-22H,1-2H3. The minimum absolute atomic E-state index is 0.0214. The highest BCUT2D eigenvalue weighted by Gasteiger charge is 2.35. The predicted molar refractivity (Wildman–Crippen MR) is 150 cm³/mol. The maximum absolute atomic E-state index is 2.40. The summed E-state index contributed by atoms with van der Waals surface area (Å²) >= 11 is 0. The molecular weight excluding hydrogens is 420 g/mol. The van der Waals surface area contributed by atoms with E-state index in [1.807, 2.05) is 0 Å². The summed E-state index contributed by atoms with van der Waals surface area (Å²) in [4.78, 5) is 0. The zero-order chi connectivity index (χ0) is 23.6. The van der Waals surface area contributed by atoms with Gasteiger partial charge >= 0.3 is 0 Å². The smallest absolute Gasteiger partial charge is 0.0159 e. The van der Waals surface area contributed by atoms with Crippen LogP contribution in [0.1, 0.15) is 25.0 Å². The third-order valence-corrected chi connectivity index (χ3v) is 7.84. The second kappa shape index (κ2) is 7.42. The van der Waals surface area contributed by atoms with E-state index in [0.29, 0.717) is 0 Å². The van der Waals surface area contributed by atoms with Crippen LogP contribution in [-0.4, -0.2) is 0 Å². The third-order valence-electron chi connectivity index (χ3n) is 7.84. The second-order valence-electron chi connectivity index (χ2n) is 10.3. The van der Waals surface area contributed by atoms with Gasteiger partial charge in [0.1, 0.15) is 0 Å². The lowest BCUT2D eigenvalue weighted by Gasteiger charge is -2.22. The van der Waals surface area contributed by atoms with Crippen molar-refractivity contribution in [3.63, 3.8) is 0 Å². The number of benzene rings is 6. The Bertz CT molecular complexity index is 1770. The van der Waals surface area contributed by atoms with Crippen LogP contribution in [0.4, 0.5) is 0 Å². The summed E-state index contributed by atoms with van der Waals surface area (Å²) in [5, 5.41) is 5.10. The average Bonchev–Trinajstić information content (AvgIpc) is 3.14. The van der Waals surface area contributed by atoms with E-state index in [2.05, 4.69) is 135 Å². The summed E-state index contributed by atoms with van der Waals surface area (Å²) in [6.45, 7) is 4.69. The molecule has 0 nitrogen and oxygen atoms in total. The minimum Gasteiger partial charge on any atom is -0.0619 e. The van der Waals surface area contributed by atoms with Crippen molar-refractivity contribution >= 4 is 21.5 Å². The first-order valence-corrected chi connectivity index (χ1v) is 12.4. The van der Waals surface area contributed by atoms with Gasteiger partial charge in [0.15, 0.2) is 0 Å². The number of fused-ring (bicyclic) bond motifs is 5. The van der Waals surface area contributed by atoms with E-state index in [1.165, 1.54) is 66.1 Å². The first kappa shape index (κ1) is 20.2. The summed E-state index contributed by atoms with van der Waals surface area (Å²) < 4.78 is 0. The molecule has 35 heavy (non-hydrogen) atoms. The van der Waals surface area contributed by atoms with Crippen molar-refractivity contribution in [2.45, 2.75) is 19.3 Å². The van der Waals surface area contributed by atoms with E-state index in [9.17, 15) is 0 Å². The lowest BCUT2D eigenvalue weighted by atomic mass is 9.81. The molecule has 0 saturated heterocycles. The fourth-order valence-electron chi connectivity index (χ4n) is 5.86. The molecule has 0 atom stereocenters. The minimum atomic E-state index is 0.0214. The maximum atomic E-state index is 2.40. The van der Waals surface area contributed by atoms with Crippen molar-refractivity contribution < 1.29 is 0 Å². The molecule has 0 bridgehead atoms. The van der Waals surface area contributed by atoms with Gasteiger partial charge in [0.05, 0.1) is 0 Å². The summed E-state index contributed by atoms with van der Waals surface area (Å²) in [6, 6.07) is 44.8. The Hall–Kier alpha value is -4.16. The van der Waals surface area contributed by atoms with Crippen LogP contribution >= 0.6 is 0 Å². The Morgan fingerprint density at radius 3 is 1.51 bits per heavy atom. The summed E-state index contributed by atoms with van der Waals surface area (Å²) in [5.41, 5.74) is 10.7. The third kappa shape index (κ3) is 3.14. The van der Waals surface area contributed by atoms with E-state index in [-0.39, 0.29) is 5.41 Å². The normalized spacial score (nSPS) is 13.7. The maximum Gasteiger partial charge on any atom is 0.0159 e. The topological polar surface area (TPSA) is 0 Å². The molecule has 0 amide bonds. The molecule has 0 aromatic heterocycles. The molecule has 0 fully saturated rings. The highest BCUT2D eigenvalue weighted by Crippen LogP contribution is 2.49. The largest absolute Gasteiger partial charge is 0.0619 e. The van der Waals surface area contributed by atoms with E-state index in [0.717, 1.165) is 0 Å². The van der Waals surface area contributed by atoms with Crippen molar-refractivity contribution in [3.05, 3.63) is 132 Å². The zero-order valence-corrected chi connectivity index (χ0v) is 20.0. The van der Waals surface area contributed by atoms with Crippen LogP contribution in [0.3, 0.4) is 0 Å². The van der Waals surface area contributed by atoms with Gasteiger partial charge in [-0.3, -0.25) is 0 Å². The van der Waals surface area contributed by atoms with Crippen LogP contribution in [0.5, 0.6) is 0 Å².